The number of hydrogen-bond donors (Lipinski definition) is 0. The molecule has 0 unspecified atom stereocenters. The minimum Gasteiger partial charge on any atom is -0.288 e. The van der Waals surface area contributed by atoms with Crippen molar-refractivity contribution in [3.63, 3.8) is 0 Å². The predicted octanol–water partition coefficient (Wildman–Crippen LogP) is 4.17. The SMILES string of the molecule is Cc1csc([C@H](C#N)C=N[C@H](C)c2ccc(F)c(F)c2)n1. The summed E-state index contributed by atoms with van der Waals surface area (Å²) < 4.78 is 26.1. The Morgan fingerprint density at radius 2 is 2.14 bits per heavy atom. The summed E-state index contributed by atoms with van der Waals surface area (Å²) in [6, 6.07) is 5.43. The molecule has 0 spiro atoms. The quantitative estimate of drug-likeness (QED) is 0.796. The van der Waals surface area contributed by atoms with Crippen molar-refractivity contribution in [2.24, 2.45) is 4.99 Å². The molecule has 0 aliphatic heterocycles. The van der Waals surface area contributed by atoms with Crippen molar-refractivity contribution in [1.82, 2.24) is 4.98 Å². The van der Waals surface area contributed by atoms with Crippen LogP contribution < -0.4 is 0 Å². The van der Waals surface area contributed by atoms with Gasteiger partial charge in [-0.05, 0) is 31.5 Å². The number of nitrogens with zero attached hydrogens (tertiary/aromatic N) is 3. The summed E-state index contributed by atoms with van der Waals surface area (Å²) in [4.78, 5) is 8.51. The van der Waals surface area contributed by atoms with Gasteiger partial charge in [-0.15, -0.1) is 11.3 Å². The van der Waals surface area contributed by atoms with E-state index in [4.69, 9.17) is 5.26 Å². The Bertz CT molecular complexity index is 703. The number of aromatic nitrogens is 1. The molecule has 0 aliphatic rings. The van der Waals surface area contributed by atoms with Crippen molar-refractivity contribution in [2.45, 2.75) is 25.8 Å². The van der Waals surface area contributed by atoms with E-state index in [2.05, 4.69) is 16.0 Å². The first-order chi connectivity index (χ1) is 10.0. The van der Waals surface area contributed by atoms with Gasteiger partial charge in [0, 0.05) is 17.3 Å². The van der Waals surface area contributed by atoms with Crippen LogP contribution in [-0.2, 0) is 0 Å². The van der Waals surface area contributed by atoms with E-state index in [1.54, 1.807) is 6.92 Å². The molecule has 2 atom stereocenters. The van der Waals surface area contributed by atoms with Crippen LogP contribution in [0, 0.1) is 29.9 Å². The Kier molecular flexibility index (Phi) is 4.76. The van der Waals surface area contributed by atoms with Crippen LogP contribution in [0.25, 0.3) is 0 Å². The van der Waals surface area contributed by atoms with Crippen molar-refractivity contribution >= 4 is 17.6 Å². The van der Waals surface area contributed by atoms with Crippen molar-refractivity contribution in [3.05, 3.63) is 51.5 Å². The number of halogens is 2. The zero-order valence-corrected chi connectivity index (χ0v) is 12.4. The average molecular weight is 305 g/mol. The van der Waals surface area contributed by atoms with Gasteiger partial charge in [-0.3, -0.25) is 4.99 Å². The summed E-state index contributed by atoms with van der Waals surface area (Å²) in [5.74, 6) is -2.32. The molecule has 2 aromatic rings. The lowest BCUT2D eigenvalue weighted by molar-refractivity contribution is 0.506. The molecule has 0 radical (unpaired) electrons. The molecule has 0 bridgehead atoms. The zero-order chi connectivity index (χ0) is 15.4. The van der Waals surface area contributed by atoms with Gasteiger partial charge >= 0.3 is 0 Å². The van der Waals surface area contributed by atoms with Crippen molar-refractivity contribution < 1.29 is 8.78 Å². The maximum atomic E-state index is 13.2. The van der Waals surface area contributed by atoms with E-state index in [-0.39, 0.29) is 6.04 Å². The van der Waals surface area contributed by atoms with E-state index < -0.39 is 17.6 Å². The van der Waals surface area contributed by atoms with Crippen molar-refractivity contribution in [1.29, 1.82) is 5.26 Å². The van der Waals surface area contributed by atoms with E-state index in [1.165, 1.54) is 23.6 Å². The van der Waals surface area contributed by atoms with E-state index in [1.807, 2.05) is 12.3 Å². The monoisotopic (exact) mass is 305 g/mol. The molecular weight excluding hydrogens is 292 g/mol. The number of rotatable bonds is 4. The lowest BCUT2D eigenvalue weighted by atomic mass is 10.1. The van der Waals surface area contributed by atoms with Gasteiger partial charge in [0.25, 0.3) is 0 Å². The average Bonchev–Trinajstić information content (AvgIpc) is 2.89. The molecule has 0 saturated carbocycles. The molecule has 1 heterocycles. The van der Waals surface area contributed by atoms with Crippen LogP contribution in [0.2, 0.25) is 0 Å². The number of hydrogen-bond acceptors (Lipinski definition) is 4. The number of aliphatic imine (C=N–C) groups is 1. The minimum atomic E-state index is -0.901. The van der Waals surface area contributed by atoms with E-state index in [0.717, 1.165) is 17.8 Å². The van der Waals surface area contributed by atoms with Gasteiger partial charge in [0.15, 0.2) is 11.6 Å². The smallest absolute Gasteiger partial charge is 0.159 e. The third kappa shape index (κ3) is 3.70. The lowest BCUT2D eigenvalue weighted by Gasteiger charge is -2.07. The molecular formula is C15H13F2N3S. The van der Waals surface area contributed by atoms with Crippen LogP contribution in [0.1, 0.15) is 35.1 Å². The molecule has 2 rings (SSSR count). The highest BCUT2D eigenvalue weighted by molar-refractivity contribution is 7.09. The van der Waals surface area contributed by atoms with Crippen molar-refractivity contribution in [2.75, 3.05) is 0 Å². The van der Waals surface area contributed by atoms with Gasteiger partial charge in [0.1, 0.15) is 10.9 Å². The normalized spacial score (nSPS) is 14.0. The van der Waals surface area contributed by atoms with E-state index in [9.17, 15) is 8.78 Å². The van der Waals surface area contributed by atoms with Crippen molar-refractivity contribution in [3.8, 4) is 6.07 Å². The second-order valence-electron chi connectivity index (χ2n) is 4.58. The molecule has 0 saturated heterocycles. The number of aryl methyl sites for hydroxylation is 1. The van der Waals surface area contributed by atoms with Gasteiger partial charge in [-0.2, -0.15) is 5.26 Å². The van der Waals surface area contributed by atoms with E-state index in [0.29, 0.717) is 10.6 Å². The number of benzene rings is 1. The lowest BCUT2D eigenvalue weighted by Crippen LogP contribution is -1.99. The summed E-state index contributed by atoms with van der Waals surface area (Å²) in [7, 11) is 0. The van der Waals surface area contributed by atoms with Crippen LogP contribution in [0.3, 0.4) is 0 Å². The van der Waals surface area contributed by atoms with Crippen LogP contribution in [0.4, 0.5) is 8.78 Å². The Morgan fingerprint density at radius 1 is 1.38 bits per heavy atom. The zero-order valence-electron chi connectivity index (χ0n) is 11.5. The van der Waals surface area contributed by atoms with Gasteiger partial charge in [-0.1, -0.05) is 6.07 Å². The molecule has 0 aliphatic carbocycles. The molecule has 0 N–H and O–H groups in total. The van der Waals surface area contributed by atoms with Crippen LogP contribution >= 0.6 is 11.3 Å². The summed E-state index contributed by atoms with van der Waals surface area (Å²) >= 11 is 1.40. The Hall–Kier alpha value is -2.13. The summed E-state index contributed by atoms with van der Waals surface area (Å²) in [5, 5.41) is 11.7. The molecule has 0 amide bonds. The van der Waals surface area contributed by atoms with Gasteiger partial charge in [-0.25, -0.2) is 13.8 Å². The fourth-order valence-electron chi connectivity index (χ4n) is 1.74. The summed E-state index contributed by atoms with van der Waals surface area (Å²) in [6.07, 6.45) is 1.50. The Morgan fingerprint density at radius 3 is 2.71 bits per heavy atom. The fourth-order valence-corrected chi connectivity index (χ4v) is 2.54. The first kappa shape index (κ1) is 15.3. The maximum absolute atomic E-state index is 13.2. The summed E-state index contributed by atoms with van der Waals surface area (Å²) in [5.41, 5.74) is 1.41. The molecule has 0 fully saturated rings. The summed E-state index contributed by atoms with van der Waals surface area (Å²) in [6.45, 7) is 3.61. The highest BCUT2D eigenvalue weighted by Gasteiger charge is 2.13. The topological polar surface area (TPSA) is 49.0 Å². The molecule has 1 aromatic heterocycles. The standard InChI is InChI=1S/C15H13F2N3S/c1-9-8-21-15(20-9)12(6-18)7-19-10(2)11-3-4-13(16)14(17)5-11/h3-5,7-8,10,12H,1-2H3/t10-,12-/m1/s1. The van der Waals surface area contributed by atoms with Gasteiger partial charge in [0.05, 0.1) is 12.1 Å². The highest BCUT2D eigenvalue weighted by Crippen LogP contribution is 2.22. The predicted molar refractivity (Wildman–Crippen MR) is 78.5 cm³/mol. The van der Waals surface area contributed by atoms with Crippen LogP contribution in [0.15, 0.2) is 28.6 Å². The number of nitriles is 1. The molecule has 108 valence electrons. The molecule has 1 aromatic carbocycles. The second-order valence-corrected chi connectivity index (χ2v) is 5.47. The first-order valence-electron chi connectivity index (χ1n) is 6.31. The second kappa shape index (κ2) is 6.55. The third-order valence-electron chi connectivity index (χ3n) is 2.93. The van der Waals surface area contributed by atoms with Gasteiger partial charge < -0.3 is 0 Å². The Labute approximate surface area is 125 Å². The Balaban J connectivity index is 2.15. The molecule has 3 nitrogen and oxygen atoms in total. The largest absolute Gasteiger partial charge is 0.288 e. The molecule has 6 heteroatoms. The first-order valence-corrected chi connectivity index (χ1v) is 7.19. The van der Waals surface area contributed by atoms with Crippen LogP contribution in [-0.4, -0.2) is 11.2 Å². The third-order valence-corrected chi connectivity index (χ3v) is 3.97. The minimum absolute atomic E-state index is 0.364. The van der Waals surface area contributed by atoms with Crippen LogP contribution in [0.5, 0.6) is 0 Å². The molecule has 21 heavy (non-hydrogen) atoms. The van der Waals surface area contributed by atoms with Gasteiger partial charge in [0.2, 0.25) is 0 Å². The maximum Gasteiger partial charge on any atom is 0.159 e. The van der Waals surface area contributed by atoms with E-state index >= 15 is 0 Å². The fraction of sp³-hybridized carbons (Fsp3) is 0.267. The highest BCUT2D eigenvalue weighted by atomic mass is 32.1. The number of thiazole rings is 1.